The van der Waals surface area contributed by atoms with E-state index in [2.05, 4.69) is 25.4 Å². The molecular formula is C26H18ClF4N7O2. The number of pyridine rings is 1. The Hall–Kier alpha value is -4.39. The number of nitrogens with one attached hydrogen (secondary N) is 1. The van der Waals surface area contributed by atoms with Crippen LogP contribution in [0.5, 0.6) is 0 Å². The maximum atomic E-state index is 14.7. The lowest BCUT2D eigenvalue weighted by molar-refractivity contribution is -0.118. The smallest absolute Gasteiger partial charge is 0.275 e. The number of alkyl halides is 2. The number of amides is 2. The minimum absolute atomic E-state index is 0.0102. The van der Waals surface area contributed by atoms with Gasteiger partial charge in [0.05, 0.1) is 41.5 Å². The summed E-state index contributed by atoms with van der Waals surface area (Å²) in [6.07, 6.45) is 4.26. The maximum absolute atomic E-state index is 14.7. The number of anilines is 2. The molecule has 2 aliphatic rings. The quantitative estimate of drug-likeness (QED) is 0.317. The molecule has 2 atom stereocenters. The Morgan fingerprint density at radius 2 is 2.00 bits per heavy atom. The second kappa shape index (κ2) is 9.97. The average molecular weight is 572 g/mol. The number of halogens is 5. The molecule has 1 saturated heterocycles. The summed E-state index contributed by atoms with van der Waals surface area (Å²) in [5.41, 5.74) is -1.000. The Morgan fingerprint density at radius 1 is 1.18 bits per heavy atom. The third-order valence-electron chi connectivity index (χ3n) is 6.78. The summed E-state index contributed by atoms with van der Waals surface area (Å²) in [5.74, 6) is -2.28. The number of rotatable bonds is 7. The normalized spacial score (nSPS) is 17.9. The zero-order valence-corrected chi connectivity index (χ0v) is 21.1. The van der Waals surface area contributed by atoms with Gasteiger partial charge < -0.3 is 5.32 Å². The molecule has 0 unspecified atom stereocenters. The van der Waals surface area contributed by atoms with E-state index < -0.39 is 35.1 Å². The van der Waals surface area contributed by atoms with Crippen LogP contribution >= 0.6 is 11.6 Å². The monoisotopic (exact) mass is 571 g/mol. The number of hydrogen-bond donors (Lipinski definition) is 1. The number of carbonyl (C=O) groups is 2. The Labute approximate surface area is 228 Å². The topological polar surface area (TPSA) is 106 Å². The molecule has 4 aromatic rings. The van der Waals surface area contributed by atoms with Crippen LogP contribution < -0.4 is 10.2 Å². The van der Waals surface area contributed by atoms with Crippen molar-refractivity contribution in [3.8, 4) is 11.3 Å². The number of fused-ring (bicyclic) bond motifs is 1. The van der Waals surface area contributed by atoms with E-state index in [1.807, 2.05) is 0 Å². The molecule has 6 rings (SSSR count). The summed E-state index contributed by atoms with van der Waals surface area (Å²) in [5, 5.41) is 6.31. The van der Waals surface area contributed by atoms with Crippen molar-refractivity contribution in [2.75, 3.05) is 16.8 Å². The van der Waals surface area contributed by atoms with Gasteiger partial charge in [-0.2, -0.15) is 5.10 Å². The Bertz CT molecular complexity index is 1660. The Balaban J connectivity index is 1.15. The molecule has 204 valence electrons. The second-order valence-electron chi connectivity index (χ2n) is 9.50. The Kier molecular flexibility index (Phi) is 6.45. The first kappa shape index (κ1) is 25.9. The van der Waals surface area contributed by atoms with Crippen LogP contribution in [0.15, 0.2) is 49.2 Å². The van der Waals surface area contributed by atoms with Crippen LogP contribution in [0.2, 0.25) is 5.02 Å². The van der Waals surface area contributed by atoms with Crippen molar-refractivity contribution in [1.82, 2.24) is 24.7 Å². The van der Waals surface area contributed by atoms with Crippen molar-refractivity contribution in [3.63, 3.8) is 0 Å². The summed E-state index contributed by atoms with van der Waals surface area (Å²) >= 11 is 5.77. The van der Waals surface area contributed by atoms with Gasteiger partial charge in [-0.3, -0.25) is 24.2 Å². The van der Waals surface area contributed by atoms with Crippen LogP contribution in [0.3, 0.4) is 0 Å². The first-order chi connectivity index (χ1) is 19.2. The number of carbonyl (C=O) groups excluding carboxylic acids is 2. The number of hydrogen-bond acceptors (Lipinski definition) is 6. The van der Waals surface area contributed by atoms with Gasteiger partial charge in [0.2, 0.25) is 5.91 Å². The molecule has 1 N–H and O–H groups in total. The molecular weight excluding hydrogens is 554 g/mol. The van der Waals surface area contributed by atoms with Crippen molar-refractivity contribution in [1.29, 1.82) is 0 Å². The van der Waals surface area contributed by atoms with E-state index in [1.54, 1.807) is 0 Å². The standard InChI is InChI=1S/C26H18ClF4N7O2/c27-17-2-1-15(23(30)31)21(22(17)29)19-7-32-8-20(36-19)25(39)35-14-6-34-37(11-14)9-12-3-18(28)24(33-5-12)38-10-13-4-16(13)26(38)40/h1-3,5-8,11,13,16,23H,4,9-10H2,(H,35,39)/t13-,16-/m1/s1. The molecule has 0 spiro atoms. The van der Waals surface area contributed by atoms with Gasteiger partial charge in [-0.15, -0.1) is 0 Å². The summed E-state index contributed by atoms with van der Waals surface area (Å²) in [4.78, 5) is 38.4. The fraction of sp³-hybridized carbons (Fsp3) is 0.231. The number of benzene rings is 1. The molecule has 2 amide bonds. The van der Waals surface area contributed by atoms with Crippen molar-refractivity contribution >= 4 is 34.9 Å². The highest BCUT2D eigenvalue weighted by Crippen LogP contribution is 2.47. The lowest BCUT2D eigenvalue weighted by atomic mass is 10.0. The second-order valence-corrected chi connectivity index (χ2v) is 9.90. The van der Waals surface area contributed by atoms with E-state index in [0.29, 0.717) is 12.1 Å². The molecule has 3 aromatic heterocycles. The predicted octanol–water partition coefficient (Wildman–Crippen LogP) is 4.89. The fourth-order valence-corrected chi connectivity index (χ4v) is 4.88. The molecule has 40 heavy (non-hydrogen) atoms. The number of nitrogens with zero attached hydrogens (tertiary/aromatic N) is 6. The molecule has 0 radical (unpaired) electrons. The van der Waals surface area contributed by atoms with E-state index in [4.69, 9.17) is 11.6 Å². The van der Waals surface area contributed by atoms with Gasteiger partial charge in [0.1, 0.15) is 5.69 Å². The van der Waals surface area contributed by atoms with Crippen molar-refractivity contribution in [3.05, 3.63) is 82.7 Å². The zero-order chi connectivity index (χ0) is 28.1. The molecule has 1 saturated carbocycles. The summed E-state index contributed by atoms with van der Waals surface area (Å²) in [6, 6.07) is 3.28. The first-order valence-electron chi connectivity index (χ1n) is 12.1. The molecule has 1 aliphatic carbocycles. The summed E-state index contributed by atoms with van der Waals surface area (Å²) in [6.45, 7) is 0.600. The SMILES string of the molecule is O=C(Nc1cnn(Cc2cnc(N3C[C@H]4C[C@H]4C3=O)c(F)c2)c1)c1cncc(-c2c(C(F)F)ccc(Cl)c2F)n1. The van der Waals surface area contributed by atoms with Crippen molar-refractivity contribution in [2.24, 2.45) is 11.8 Å². The van der Waals surface area contributed by atoms with Gasteiger partial charge >= 0.3 is 0 Å². The zero-order valence-electron chi connectivity index (χ0n) is 20.4. The van der Waals surface area contributed by atoms with Crippen molar-refractivity contribution < 1.29 is 27.2 Å². The molecule has 4 heterocycles. The minimum Gasteiger partial charge on any atom is -0.318 e. The predicted molar refractivity (Wildman–Crippen MR) is 135 cm³/mol. The van der Waals surface area contributed by atoms with E-state index >= 15 is 0 Å². The number of piperidine rings is 1. The third-order valence-corrected chi connectivity index (χ3v) is 7.07. The third kappa shape index (κ3) is 4.76. The summed E-state index contributed by atoms with van der Waals surface area (Å²) < 4.78 is 57.8. The molecule has 2 fully saturated rings. The van der Waals surface area contributed by atoms with Gasteiger partial charge in [-0.1, -0.05) is 17.7 Å². The molecule has 0 bridgehead atoms. The van der Waals surface area contributed by atoms with Crippen LogP contribution in [0.4, 0.5) is 29.1 Å². The van der Waals surface area contributed by atoms with E-state index in [-0.39, 0.29) is 52.2 Å². The van der Waals surface area contributed by atoms with Crippen LogP contribution in [0.25, 0.3) is 11.3 Å². The van der Waals surface area contributed by atoms with Gasteiger partial charge in [0.15, 0.2) is 17.5 Å². The average Bonchev–Trinajstić information content (AvgIpc) is 3.46. The van der Waals surface area contributed by atoms with Gasteiger partial charge in [-0.25, -0.2) is 27.5 Å². The van der Waals surface area contributed by atoms with Crippen molar-refractivity contribution in [2.45, 2.75) is 19.4 Å². The van der Waals surface area contributed by atoms with Crippen LogP contribution in [0.1, 0.15) is 34.5 Å². The lowest BCUT2D eigenvalue weighted by Crippen LogP contribution is -2.29. The van der Waals surface area contributed by atoms with Gasteiger partial charge in [-0.05, 0) is 30.0 Å². The highest BCUT2D eigenvalue weighted by atomic mass is 35.5. The first-order valence-corrected chi connectivity index (χ1v) is 12.5. The molecule has 9 nitrogen and oxygen atoms in total. The highest BCUT2D eigenvalue weighted by Gasteiger charge is 2.53. The van der Waals surface area contributed by atoms with Gasteiger partial charge in [0, 0.05) is 36.0 Å². The van der Waals surface area contributed by atoms with Crippen LogP contribution in [-0.2, 0) is 11.3 Å². The molecule has 1 aromatic carbocycles. The van der Waals surface area contributed by atoms with Gasteiger partial charge in [0.25, 0.3) is 12.3 Å². The van der Waals surface area contributed by atoms with Crippen LogP contribution in [-0.4, -0.2) is 43.1 Å². The Morgan fingerprint density at radius 3 is 2.73 bits per heavy atom. The number of aromatic nitrogens is 5. The fourth-order valence-electron chi connectivity index (χ4n) is 4.72. The minimum atomic E-state index is -3.01. The maximum Gasteiger partial charge on any atom is 0.275 e. The molecule has 1 aliphatic heterocycles. The summed E-state index contributed by atoms with van der Waals surface area (Å²) in [7, 11) is 0. The highest BCUT2D eigenvalue weighted by molar-refractivity contribution is 6.31. The van der Waals surface area contributed by atoms with E-state index in [9.17, 15) is 27.2 Å². The largest absolute Gasteiger partial charge is 0.318 e. The van der Waals surface area contributed by atoms with E-state index in [0.717, 1.165) is 30.9 Å². The van der Waals surface area contributed by atoms with Crippen LogP contribution in [0, 0.1) is 23.5 Å². The van der Waals surface area contributed by atoms with E-state index in [1.165, 1.54) is 34.2 Å². The lowest BCUT2D eigenvalue weighted by Gasteiger charge is -2.18. The molecule has 14 heteroatoms.